The van der Waals surface area contributed by atoms with Crippen molar-refractivity contribution in [3.8, 4) is 0 Å². The highest BCUT2D eigenvalue weighted by atomic mass is 19.4. The lowest BCUT2D eigenvalue weighted by Gasteiger charge is -2.15. The number of benzene rings is 1. The fraction of sp³-hybridized carbons (Fsp3) is 0.462. The Bertz CT molecular complexity index is 415. The van der Waals surface area contributed by atoms with E-state index in [4.69, 9.17) is 5.11 Å². The van der Waals surface area contributed by atoms with Gasteiger partial charge in [0.1, 0.15) is 0 Å². The summed E-state index contributed by atoms with van der Waals surface area (Å²) < 4.78 is 36.3. The highest BCUT2D eigenvalue weighted by Crippen LogP contribution is 2.21. The highest BCUT2D eigenvalue weighted by Gasteiger charge is 2.29. The van der Waals surface area contributed by atoms with E-state index in [-0.39, 0.29) is 6.42 Å². The van der Waals surface area contributed by atoms with E-state index < -0.39 is 24.6 Å². The van der Waals surface area contributed by atoms with Gasteiger partial charge in [0.15, 0.2) is 0 Å². The number of rotatable bonds is 6. The first kappa shape index (κ1) is 15.5. The van der Waals surface area contributed by atoms with E-state index in [1.807, 2.05) is 0 Å². The molecule has 0 aliphatic heterocycles. The Morgan fingerprint density at radius 1 is 1.26 bits per heavy atom. The average Bonchev–Trinajstić information content (AvgIpc) is 2.25. The Kier molecular flexibility index (Phi) is 5.35. The molecule has 0 amide bonds. The van der Waals surface area contributed by atoms with E-state index >= 15 is 0 Å². The van der Waals surface area contributed by atoms with Gasteiger partial charge in [0.2, 0.25) is 0 Å². The molecule has 1 aromatic rings. The van der Waals surface area contributed by atoms with Gasteiger partial charge in [-0.3, -0.25) is 4.79 Å². The monoisotopic (exact) mass is 275 g/mol. The quantitative estimate of drug-likeness (QED) is 0.839. The van der Waals surface area contributed by atoms with Crippen molar-refractivity contribution in [2.45, 2.75) is 38.5 Å². The zero-order chi connectivity index (χ0) is 14.5. The van der Waals surface area contributed by atoms with E-state index in [0.717, 1.165) is 5.56 Å². The molecule has 0 saturated heterocycles. The number of carboxylic acids is 1. The van der Waals surface area contributed by atoms with E-state index in [1.165, 1.54) is 6.92 Å². The van der Waals surface area contributed by atoms with Crippen molar-refractivity contribution in [2.75, 3.05) is 0 Å². The van der Waals surface area contributed by atoms with Gasteiger partial charge in [0.25, 0.3) is 0 Å². The van der Waals surface area contributed by atoms with Crippen molar-refractivity contribution >= 4 is 5.97 Å². The van der Waals surface area contributed by atoms with Crippen molar-refractivity contribution in [3.05, 3.63) is 35.4 Å². The summed E-state index contributed by atoms with van der Waals surface area (Å²) in [6.07, 6.45) is -5.10. The maximum absolute atomic E-state index is 12.1. The number of carbonyl (C=O) groups is 1. The van der Waals surface area contributed by atoms with Crippen LogP contribution in [0.25, 0.3) is 0 Å². The molecular weight excluding hydrogens is 259 g/mol. The van der Waals surface area contributed by atoms with Crippen molar-refractivity contribution < 1.29 is 23.1 Å². The summed E-state index contributed by atoms with van der Waals surface area (Å²) in [6.45, 7) is 1.80. The third kappa shape index (κ3) is 6.81. The number of alkyl halides is 3. The molecule has 6 heteroatoms. The van der Waals surface area contributed by atoms with Gasteiger partial charge in [-0.05, 0) is 18.1 Å². The molecule has 0 fully saturated rings. The maximum atomic E-state index is 12.1. The van der Waals surface area contributed by atoms with Crippen LogP contribution < -0.4 is 5.32 Å². The molecule has 1 aromatic carbocycles. The van der Waals surface area contributed by atoms with Crippen molar-refractivity contribution in [1.82, 2.24) is 5.32 Å². The van der Waals surface area contributed by atoms with Crippen molar-refractivity contribution in [3.63, 3.8) is 0 Å². The molecule has 0 heterocycles. The maximum Gasteiger partial charge on any atom is 0.390 e. The zero-order valence-corrected chi connectivity index (χ0v) is 10.5. The van der Waals surface area contributed by atoms with Crippen molar-refractivity contribution in [1.29, 1.82) is 0 Å². The molecule has 0 radical (unpaired) electrons. The average molecular weight is 275 g/mol. The fourth-order valence-electron chi connectivity index (χ4n) is 1.66. The minimum atomic E-state index is -4.17. The molecule has 0 saturated carbocycles. The van der Waals surface area contributed by atoms with Crippen LogP contribution in [-0.4, -0.2) is 23.3 Å². The van der Waals surface area contributed by atoms with Crippen LogP contribution in [0.4, 0.5) is 13.2 Å². The normalized spacial score (nSPS) is 13.3. The van der Waals surface area contributed by atoms with E-state index in [1.54, 1.807) is 24.3 Å². The Hall–Kier alpha value is -1.56. The van der Waals surface area contributed by atoms with Crippen LogP contribution in [0.3, 0.4) is 0 Å². The fourth-order valence-corrected chi connectivity index (χ4v) is 1.66. The molecule has 0 spiro atoms. The summed E-state index contributed by atoms with van der Waals surface area (Å²) in [5.41, 5.74) is 1.49. The SMILES string of the molecule is CC(CC(F)(F)F)NCc1ccc(CC(=O)O)cc1. The lowest BCUT2D eigenvalue weighted by molar-refractivity contribution is -0.139. The summed E-state index contributed by atoms with van der Waals surface area (Å²) in [6, 6.07) is 6.11. The molecule has 1 unspecified atom stereocenters. The number of aliphatic carboxylic acids is 1. The lowest BCUT2D eigenvalue weighted by atomic mass is 10.1. The van der Waals surface area contributed by atoms with E-state index in [9.17, 15) is 18.0 Å². The zero-order valence-electron chi connectivity index (χ0n) is 10.5. The van der Waals surface area contributed by atoms with Gasteiger partial charge in [-0.15, -0.1) is 0 Å². The van der Waals surface area contributed by atoms with Gasteiger partial charge in [-0.2, -0.15) is 13.2 Å². The number of hydrogen-bond donors (Lipinski definition) is 2. The topological polar surface area (TPSA) is 49.3 Å². The van der Waals surface area contributed by atoms with Gasteiger partial charge in [0, 0.05) is 12.6 Å². The Morgan fingerprint density at radius 3 is 2.26 bits per heavy atom. The van der Waals surface area contributed by atoms with Gasteiger partial charge in [0.05, 0.1) is 12.8 Å². The van der Waals surface area contributed by atoms with Crippen LogP contribution in [0.15, 0.2) is 24.3 Å². The number of hydrogen-bond acceptors (Lipinski definition) is 2. The van der Waals surface area contributed by atoms with E-state index in [0.29, 0.717) is 12.1 Å². The molecule has 0 aliphatic carbocycles. The number of nitrogens with one attached hydrogen (secondary N) is 1. The molecule has 1 atom stereocenters. The first-order valence-electron chi connectivity index (χ1n) is 5.86. The van der Waals surface area contributed by atoms with Gasteiger partial charge >= 0.3 is 12.1 Å². The molecule has 0 bridgehead atoms. The van der Waals surface area contributed by atoms with Crippen LogP contribution in [-0.2, 0) is 17.8 Å². The second kappa shape index (κ2) is 6.56. The molecule has 1 rings (SSSR count). The number of halogens is 3. The van der Waals surface area contributed by atoms with E-state index in [2.05, 4.69) is 5.32 Å². The van der Waals surface area contributed by atoms with Crippen LogP contribution >= 0.6 is 0 Å². The molecule has 0 aliphatic rings. The molecular formula is C13H16F3NO2. The first-order chi connectivity index (χ1) is 8.76. The van der Waals surface area contributed by atoms with Crippen molar-refractivity contribution in [2.24, 2.45) is 0 Å². The standard InChI is InChI=1S/C13H16F3NO2/c1-9(7-13(14,15)16)17-8-11-4-2-10(3-5-11)6-12(18)19/h2-5,9,17H,6-8H2,1H3,(H,18,19). The van der Waals surface area contributed by atoms with Gasteiger partial charge in [-0.25, -0.2) is 0 Å². The first-order valence-corrected chi connectivity index (χ1v) is 5.86. The molecule has 3 nitrogen and oxygen atoms in total. The lowest BCUT2D eigenvalue weighted by Crippen LogP contribution is -2.30. The summed E-state index contributed by atoms with van der Waals surface area (Å²) in [5.74, 6) is -0.912. The predicted octanol–water partition coefficient (Wildman–Crippen LogP) is 2.74. The summed E-state index contributed by atoms with van der Waals surface area (Å²) in [7, 11) is 0. The second-order valence-corrected chi connectivity index (χ2v) is 4.49. The smallest absolute Gasteiger partial charge is 0.390 e. The van der Waals surface area contributed by atoms with Crippen LogP contribution in [0, 0.1) is 0 Å². The van der Waals surface area contributed by atoms with Gasteiger partial charge < -0.3 is 10.4 Å². The highest BCUT2D eigenvalue weighted by molar-refractivity contribution is 5.70. The number of carboxylic acid groups (broad SMARTS) is 1. The summed E-state index contributed by atoms with van der Waals surface area (Å²) in [5, 5.41) is 11.4. The predicted molar refractivity (Wildman–Crippen MR) is 64.8 cm³/mol. The van der Waals surface area contributed by atoms with Gasteiger partial charge in [-0.1, -0.05) is 24.3 Å². The van der Waals surface area contributed by atoms with Crippen LogP contribution in [0.5, 0.6) is 0 Å². The Morgan fingerprint density at radius 2 is 1.79 bits per heavy atom. The summed E-state index contributed by atoms with van der Waals surface area (Å²) >= 11 is 0. The third-order valence-electron chi connectivity index (χ3n) is 2.57. The minimum Gasteiger partial charge on any atom is -0.481 e. The Balaban J connectivity index is 2.43. The summed E-state index contributed by atoms with van der Waals surface area (Å²) in [4.78, 5) is 10.5. The van der Waals surface area contributed by atoms with Crippen LogP contribution in [0.2, 0.25) is 0 Å². The van der Waals surface area contributed by atoms with Crippen LogP contribution in [0.1, 0.15) is 24.5 Å². The second-order valence-electron chi connectivity index (χ2n) is 4.49. The Labute approximate surface area is 109 Å². The minimum absolute atomic E-state index is 0.0574. The molecule has 0 aromatic heterocycles. The molecule has 2 N–H and O–H groups in total. The molecule has 19 heavy (non-hydrogen) atoms. The molecule has 106 valence electrons. The third-order valence-corrected chi connectivity index (χ3v) is 2.57. The largest absolute Gasteiger partial charge is 0.481 e.